The Morgan fingerprint density at radius 1 is 1.09 bits per heavy atom. The summed E-state index contributed by atoms with van der Waals surface area (Å²) in [6, 6.07) is 16.5. The van der Waals surface area contributed by atoms with E-state index in [2.05, 4.69) is 82.2 Å². The average molecular weight is 475 g/mol. The number of carbonyl (C=O) groups excluding carboxylic acids is 1. The van der Waals surface area contributed by atoms with Crippen LogP contribution in [0.2, 0.25) is 0 Å². The van der Waals surface area contributed by atoms with Crippen molar-refractivity contribution >= 4 is 5.97 Å². The molecule has 0 saturated heterocycles. The monoisotopic (exact) mass is 474 g/mol. The first-order valence-corrected chi connectivity index (χ1v) is 12.4. The van der Waals surface area contributed by atoms with Crippen LogP contribution < -0.4 is 5.43 Å². The fourth-order valence-electron chi connectivity index (χ4n) is 4.52. The third kappa shape index (κ3) is 5.43. The number of benzene rings is 2. The number of carbonyl (C=O) groups is 1. The van der Waals surface area contributed by atoms with E-state index in [4.69, 9.17) is 4.74 Å². The number of unbranched alkanes of at least 4 members (excludes halogenated alkanes) is 1. The molecule has 1 aliphatic heterocycles. The van der Waals surface area contributed by atoms with Gasteiger partial charge in [0.1, 0.15) is 0 Å². The van der Waals surface area contributed by atoms with Gasteiger partial charge in [0.05, 0.1) is 18.2 Å². The molecule has 0 aliphatic carbocycles. The summed E-state index contributed by atoms with van der Waals surface area (Å²) in [4.78, 5) is 13.0. The van der Waals surface area contributed by atoms with Gasteiger partial charge < -0.3 is 10.2 Å². The molecule has 8 heteroatoms. The summed E-state index contributed by atoms with van der Waals surface area (Å²) in [5.74, 6) is 0.546. The molecule has 0 amide bonds. The number of hydrazine groups is 1. The van der Waals surface area contributed by atoms with Crippen LogP contribution in [-0.4, -0.2) is 50.8 Å². The number of allylic oxidation sites excluding steroid dienone is 1. The van der Waals surface area contributed by atoms with Crippen LogP contribution in [0.15, 0.2) is 59.8 Å². The summed E-state index contributed by atoms with van der Waals surface area (Å²) in [6.45, 7) is 9.49. The molecule has 4 rings (SSSR count). The van der Waals surface area contributed by atoms with E-state index in [1.165, 1.54) is 0 Å². The number of aromatic amines is 1. The van der Waals surface area contributed by atoms with Gasteiger partial charge in [0.25, 0.3) is 0 Å². The van der Waals surface area contributed by atoms with Gasteiger partial charge >= 0.3 is 5.97 Å². The Hall–Kier alpha value is -3.52. The molecule has 1 unspecified atom stereocenters. The van der Waals surface area contributed by atoms with Crippen molar-refractivity contribution in [3.8, 4) is 22.5 Å². The molecular formula is C27H34N6O2. The van der Waals surface area contributed by atoms with Crippen molar-refractivity contribution in [2.24, 2.45) is 5.92 Å². The van der Waals surface area contributed by atoms with Crippen molar-refractivity contribution < 1.29 is 9.53 Å². The Bertz CT molecular complexity index is 1150. The number of tetrazole rings is 1. The molecule has 35 heavy (non-hydrogen) atoms. The maximum absolute atomic E-state index is 13.0. The largest absolute Gasteiger partial charge is 0.463 e. The minimum absolute atomic E-state index is 0.0736. The van der Waals surface area contributed by atoms with Gasteiger partial charge in [-0.3, -0.25) is 0 Å². The zero-order chi connectivity index (χ0) is 24.8. The number of hydrogen-bond acceptors (Lipinski definition) is 7. The third-order valence-electron chi connectivity index (χ3n) is 6.30. The molecule has 0 fully saturated rings. The molecule has 184 valence electrons. The second-order valence-electron chi connectivity index (χ2n) is 9.06. The van der Waals surface area contributed by atoms with Gasteiger partial charge in [0, 0.05) is 17.8 Å². The van der Waals surface area contributed by atoms with Crippen LogP contribution in [0.25, 0.3) is 22.5 Å². The predicted octanol–water partition coefficient (Wildman–Crippen LogP) is 4.54. The fourth-order valence-corrected chi connectivity index (χ4v) is 4.52. The number of rotatable bonds is 10. The molecule has 1 aliphatic rings. The van der Waals surface area contributed by atoms with Crippen LogP contribution in [-0.2, 0) is 16.0 Å². The Balaban J connectivity index is 1.62. The van der Waals surface area contributed by atoms with E-state index >= 15 is 0 Å². The molecule has 0 bridgehead atoms. The number of hydrogen-bond donors (Lipinski definition) is 2. The molecule has 1 atom stereocenters. The summed E-state index contributed by atoms with van der Waals surface area (Å²) in [7, 11) is 0. The quantitative estimate of drug-likeness (QED) is 0.417. The fraction of sp³-hybridized carbons (Fsp3) is 0.407. The van der Waals surface area contributed by atoms with Gasteiger partial charge in [0.15, 0.2) is 0 Å². The highest BCUT2D eigenvalue weighted by atomic mass is 16.5. The summed E-state index contributed by atoms with van der Waals surface area (Å²) < 4.78 is 5.47. The van der Waals surface area contributed by atoms with Crippen molar-refractivity contribution in [3.63, 3.8) is 0 Å². The number of esters is 1. The number of H-pyrrole nitrogens is 1. The molecule has 3 aromatic rings. The summed E-state index contributed by atoms with van der Waals surface area (Å²) in [5, 5.41) is 16.7. The molecule has 2 aromatic carbocycles. The van der Waals surface area contributed by atoms with Gasteiger partial charge in [-0.25, -0.2) is 9.80 Å². The first-order chi connectivity index (χ1) is 17.0. The summed E-state index contributed by atoms with van der Waals surface area (Å²) in [5.41, 5.74) is 9.46. The van der Waals surface area contributed by atoms with E-state index in [-0.39, 0.29) is 17.9 Å². The van der Waals surface area contributed by atoms with E-state index in [1.54, 1.807) is 0 Å². The van der Waals surface area contributed by atoms with Gasteiger partial charge in [-0.1, -0.05) is 75.7 Å². The van der Waals surface area contributed by atoms with Crippen molar-refractivity contribution in [1.29, 1.82) is 0 Å². The van der Waals surface area contributed by atoms with E-state index in [0.29, 0.717) is 18.9 Å². The SMILES string of the molecule is CCCCN1NC(C(C)C)=C(C(=O)OCC)C1Cc1ccc(-c2ccccc2-c2nn[nH]n2)cc1. The second kappa shape index (κ2) is 11.3. The lowest BCUT2D eigenvalue weighted by Gasteiger charge is -2.26. The van der Waals surface area contributed by atoms with E-state index < -0.39 is 0 Å². The molecular weight excluding hydrogens is 440 g/mol. The molecule has 8 nitrogen and oxygen atoms in total. The molecule has 1 aromatic heterocycles. The summed E-state index contributed by atoms with van der Waals surface area (Å²) >= 11 is 0. The van der Waals surface area contributed by atoms with Crippen LogP contribution in [0, 0.1) is 5.92 Å². The topological polar surface area (TPSA) is 96.0 Å². The first-order valence-electron chi connectivity index (χ1n) is 12.4. The van der Waals surface area contributed by atoms with Crippen molar-refractivity contribution in [2.75, 3.05) is 13.2 Å². The van der Waals surface area contributed by atoms with Crippen LogP contribution in [0.1, 0.15) is 46.1 Å². The lowest BCUT2D eigenvalue weighted by Crippen LogP contribution is -2.42. The highest BCUT2D eigenvalue weighted by molar-refractivity contribution is 5.91. The standard InChI is InChI=1S/C27H34N6O2/c1-5-7-16-33-23(24(27(34)35-6-2)25(30-33)18(3)4)17-19-12-14-20(15-13-19)21-10-8-9-11-22(21)26-28-31-32-29-26/h8-15,18,23,30H,5-7,16-17H2,1-4H3,(H,28,29,31,32). The Morgan fingerprint density at radius 2 is 1.83 bits per heavy atom. The van der Waals surface area contributed by atoms with Crippen LogP contribution in [0.4, 0.5) is 0 Å². The maximum atomic E-state index is 13.0. The molecule has 0 radical (unpaired) electrons. The Labute approximate surface area is 206 Å². The lowest BCUT2D eigenvalue weighted by molar-refractivity contribution is -0.139. The highest BCUT2D eigenvalue weighted by Crippen LogP contribution is 2.32. The van der Waals surface area contributed by atoms with Crippen molar-refractivity contribution in [1.82, 2.24) is 31.1 Å². The van der Waals surface area contributed by atoms with Gasteiger partial charge in [-0.05, 0) is 47.6 Å². The minimum Gasteiger partial charge on any atom is -0.463 e. The summed E-state index contributed by atoms with van der Waals surface area (Å²) in [6.07, 6.45) is 2.86. The highest BCUT2D eigenvalue weighted by Gasteiger charge is 2.38. The number of nitrogens with one attached hydrogen (secondary N) is 2. The smallest absolute Gasteiger partial charge is 0.337 e. The average Bonchev–Trinajstić information content (AvgIpc) is 3.52. The minimum atomic E-state index is -0.224. The van der Waals surface area contributed by atoms with Gasteiger partial charge in [-0.15, -0.1) is 10.2 Å². The number of nitrogens with zero attached hydrogens (tertiary/aromatic N) is 4. The van der Waals surface area contributed by atoms with Crippen molar-refractivity contribution in [2.45, 2.75) is 53.0 Å². The lowest BCUT2D eigenvalue weighted by atomic mass is 9.93. The number of ether oxygens (including phenoxy) is 1. The zero-order valence-corrected chi connectivity index (χ0v) is 20.9. The van der Waals surface area contributed by atoms with Crippen molar-refractivity contribution in [3.05, 3.63) is 65.4 Å². The molecule has 0 spiro atoms. The normalized spacial score (nSPS) is 16.1. The zero-order valence-electron chi connectivity index (χ0n) is 20.9. The molecule has 0 saturated carbocycles. The molecule has 2 N–H and O–H groups in total. The Morgan fingerprint density at radius 3 is 2.46 bits per heavy atom. The molecule has 2 heterocycles. The van der Waals surface area contributed by atoms with E-state index in [9.17, 15) is 4.79 Å². The van der Waals surface area contributed by atoms with Crippen LogP contribution in [0.3, 0.4) is 0 Å². The maximum Gasteiger partial charge on any atom is 0.337 e. The van der Waals surface area contributed by atoms with Crippen LogP contribution >= 0.6 is 0 Å². The predicted molar refractivity (Wildman–Crippen MR) is 136 cm³/mol. The van der Waals surface area contributed by atoms with Crippen LogP contribution in [0.5, 0.6) is 0 Å². The van der Waals surface area contributed by atoms with E-state index in [0.717, 1.165) is 52.9 Å². The first kappa shape index (κ1) is 24.6. The van der Waals surface area contributed by atoms with E-state index in [1.807, 2.05) is 25.1 Å². The Kier molecular flexibility index (Phi) is 7.92. The van der Waals surface area contributed by atoms with Gasteiger partial charge in [0.2, 0.25) is 5.82 Å². The van der Waals surface area contributed by atoms with Gasteiger partial charge in [-0.2, -0.15) is 5.21 Å². The second-order valence-corrected chi connectivity index (χ2v) is 9.06. The third-order valence-corrected chi connectivity index (χ3v) is 6.30. The number of aromatic nitrogens is 4.